The number of pyridine rings is 1. The van der Waals surface area contributed by atoms with Crippen LogP contribution in [0.3, 0.4) is 0 Å². The van der Waals surface area contributed by atoms with Crippen LogP contribution in [0.25, 0.3) is 10.8 Å². The smallest absolute Gasteiger partial charge is 0.221 e. The van der Waals surface area contributed by atoms with E-state index in [2.05, 4.69) is 15.2 Å². The van der Waals surface area contributed by atoms with Gasteiger partial charge < -0.3 is 16.0 Å². The molecular formula is C14H16N4O. The quantitative estimate of drug-likeness (QED) is 0.751. The molecule has 0 aliphatic carbocycles. The highest BCUT2D eigenvalue weighted by Gasteiger charge is 2.16. The van der Waals surface area contributed by atoms with Crippen molar-refractivity contribution in [2.45, 2.75) is 6.42 Å². The number of hydrogen-bond donors (Lipinski definition) is 2. The van der Waals surface area contributed by atoms with Gasteiger partial charge in [0.2, 0.25) is 5.91 Å². The van der Waals surface area contributed by atoms with Crippen LogP contribution in [0.2, 0.25) is 0 Å². The molecule has 1 aliphatic heterocycles. The SMILES string of the molecule is Nc1ccc(N2CCNC(=O)CC2)c2ccncc12. The average molecular weight is 256 g/mol. The van der Waals surface area contributed by atoms with E-state index in [4.69, 9.17) is 5.73 Å². The minimum atomic E-state index is 0.115. The van der Waals surface area contributed by atoms with Crippen molar-refractivity contribution in [2.75, 3.05) is 30.3 Å². The summed E-state index contributed by atoms with van der Waals surface area (Å²) in [7, 11) is 0. The van der Waals surface area contributed by atoms with Gasteiger partial charge >= 0.3 is 0 Å². The Kier molecular flexibility index (Phi) is 2.95. The number of nitrogens with one attached hydrogen (secondary N) is 1. The maximum atomic E-state index is 11.4. The molecule has 0 unspecified atom stereocenters. The fourth-order valence-corrected chi connectivity index (χ4v) is 2.48. The molecule has 0 saturated carbocycles. The highest BCUT2D eigenvalue weighted by Crippen LogP contribution is 2.30. The molecule has 0 bridgehead atoms. The summed E-state index contributed by atoms with van der Waals surface area (Å²) in [5, 5.41) is 4.94. The molecule has 2 heterocycles. The first-order chi connectivity index (χ1) is 9.25. The second kappa shape index (κ2) is 4.76. The molecule has 1 aromatic heterocycles. The number of aromatic nitrogens is 1. The Morgan fingerprint density at radius 3 is 3.00 bits per heavy atom. The molecule has 19 heavy (non-hydrogen) atoms. The number of carbonyl (C=O) groups excluding carboxylic acids is 1. The van der Waals surface area contributed by atoms with Gasteiger partial charge in [0, 0.05) is 60.6 Å². The lowest BCUT2D eigenvalue weighted by Gasteiger charge is -2.24. The lowest BCUT2D eigenvalue weighted by molar-refractivity contribution is -0.120. The molecule has 0 spiro atoms. The van der Waals surface area contributed by atoms with Gasteiger partial charge in [0.1, 0.15) is 0 Å². The van der Waals surface area contributed by atoms with Crippen LogP contribution in [0.5, 0.6) is 0 Å². The topological polar surface area (TPSA) is 71.2 Å². The first-order valence-electron chi connectivity index (χ1n) is 6.39. The molecule has 0 radical (unpaired) electrons. The zero-order chi connectivity index (χ0) is 13.2. The third-order valence-electron chi connectivity index (χ3n) is 3.48. The summed E-state index contributed by atoms with van der Waals surface area (Å²) in [6, 6.07) is 5.90. The minimum Gasteiger partial charge on any atom is -0.398 e. The van der Waals surface area contributed by atoms with Gasteiger partial charge in [0.05, 0.1) is 0 Å². The van der Waals surface area contributed by atoms with Gasteiger partial charge in [0.15, 0.2) is 0 Å². The zero-order valence-electron chi connectivity index (χ0n) is 10.6. The number of nitrogens with zero attached hydrogens (tertiary/aromatic N) is 2. The van der Waals surface area contributed by atoms with Crippen LogP contribution >= 0.6 is 0 Å². The number of carbonyl (C=O) groups is 1. The van der Waals surface area contributed by atoms with Crippen LogP contribution in [0, 0.1) is 0 Å². The largest absolute Gasteiger partial charge is 0.398 e. The first-order valence-corrected chi connectivity index (χ1v) is 6.39. The summed E-state index contributed by atoms with van der Waals surface area (Å²) in [5.74, 6) is 0.115. The van der Waals surface area contributed by atoms with E-state index in [0.29, 0.717) is 13.0 Å². The molecule has 5 heteroatoms. The normalized spacial score (nSPS) is 16.2. The molecular weight excluding hydrogens is 240 g/mol. The maximum Gasteiger partial charge on any atom is 0.221 e. The highest BCUT2D eigenvalue weighted by molar-refractivity contribution is 6.01. The molecule has 1 aromatic carbocycles. The predicted molar refractivity (Wildman–Crippen MR) is 76.0 cm³/mol. The van der Waals surface area contributed by atoms with Crippen LogP contribution in [0.15, 0.2) is 30.6 Å². The summed E-state index contributed by atoms with van der Waals surface area (Å²) in [4.78, 5) is 17.8. The predicted octanol–water partition coefficient (Wildman–Crippen LogP) is 1.14. The molecule has 0 atom stereocenters. The lowest BCUT2D eigenvalue weighted by Crippen LogP contribution is -2.28. The first kappa shape index (κ1) is 11.8. The third kappa shape index (κ3) is 2.19. The summed E-state index contributed by atoms with van der Waals surface area (Å²) in [6.07, 6.45) is 4.08. The highest BCUT2D eigenvalue weighted by atomic mass is 16.1. The number of hydrogen-bond acceptors (Lipinski definition) is 4. The fourth-order valence-electron chi connectivity index (χ4n) is 2.48. The molecule has 1 saturated heterocycles. The zero-order valence-corrected chi connectivity index (χ0v) is 10.6. The number of nitrogen functional groups attached to an aromatic ring is 1. The van der Waals surface area contributed by atoms with Crippen molar-refractivity contribution in [1.82, 2.24) is 10.3 Å². The van der Waals surface area contributed by atoms with Gasteiger partial charge in [-0.2, -0.15) is 0 Å². The Morgan fingerprint density at radius 1 is 1.21 bits per heavy atom. The number of nitrogens with two attached hydrogens (primary N) is 1. The van der Waals surface area contributed by atoms with Crippen molar-refractivity contribution in [3.63, 3.8) is 0 Å². The van der Waals surface area contributed by atoms with Crippen molar-refractivity contribution < 1.29 is 4.79 Å². The summed E-state index contributed by atoms with van der Waals surface area (Å²) in [6.45, 7) is 2.22. The number of rotatable bonds is 1. The van der Waals surface area contributed by atoms with Crippen LogP contribution in [-0.2, 0) is 4.79 Å². The minimum absolute atomic E-state index is 0.115. The lowest BCUT2D eigenvalue weighted by atomic mass is 10.1. The van der Waals surface area contributed by atoms with E-state index in [-0.39, 0.29) is 5.91 Å². The van der Waals surface area contributed by atoms with E-state index in [1.165, 1.54) is 0 Å². The van der Waals surface area contributed by atoms with Gasteiger partial charge in [-0.05, 0) is 18.2 Å². The molecule has 1 aliphatic rings. The number of anilines is 2. The van der Waals surface area contributed by atoms with E-state index in [0.717, 1.165) is 35.2 Å². The number of fused-ring (bicyclic) bond motifs is 1. The second-order valence-electron chi connectivity index (χ2n) is 4.68. The van der Waals surface area contributed by atoms with E-state index >= 15 is 0 Å². The molecule has 3 N–H and O–H groups in total. The Hall–Kier alpha value is -2.30. The van der Waals surface area contributed by atoms with Crippen molar-refractivity contribution >= 4 is 28.1 Å². The molecule has 2 aromatic rings. The maximum absolute atomic E-state index is 11.4. The Bertz CT molecular complexity index is 626. The van der Waals surface area contributed by atoms with Gasteiger partial charge in [-0.1, -0.05) is 0 Å². The molecule has 1 amide bonds. The van der Waals surface area contributed by atoms with Gasteiger partial charge in [0.25, 0.3) is 0 Å². The van der Waals surface area contributed by atoms with Crippen LogP contribution in [0.1, 0.15) is 6.42 Å². The number of amides is 1. The Morgan fingerprint density at radius 2 is 2.11 bits per heavy atom. The summed E-state index contributed by atoms with van der Waals surface area (Å²) < 4.78 is 0. The monoisotopic (exact) mass is 256 g/mol. The van der Waals surface area contributed by atoms with Crippen molar-refractivity contribution in [3.05, 3.63) is 30.6 Å². The molecule has 98 valence electrons. The molecule has 1 fully saturated rings. The summed E-state index contributed by atoms with van der Waals surface area (Å²) >= 11 is 0. The Labute approximate surface area is 111 Å². The fraction of sp³-hybridized carbons (Fsp3) is 0.286. The Balaban J connectivity index is 2.05. The van der Waals surface area contributed by atoms with Crippen molar-refractivity contribution in [2.24, 2.45) is 0 Å². The van der Waals surface area contributed by atoms with Gasteiger partial charge in [-0.25, -0.2) is 0 Å². The van der Waals surface area contributed by atoms with E-state index < -0.39 is 0 Å². The van der Waals surface area contributed by atoms with Crippen LogP contribution in [-0.4, -0.2) is 30.5 Å². The van der Waals surface area contributed by atoms with E-state index in [1.807, 2.05) is 18.2 Å². The van der Waals surface area contributed by atoms with E-state index in [9.17, 15) is 4.79 Å². The molecule has 3 rings (SSSR count). The van der Waals surface area contributed by atoms with Gasteiger partial charge in [-0.3, -0.25) is 9.78 Å². The average Bonchev–Trinajstić information content (AvgIpc) is 2.65. The van der Waals surface area contributed by atoms with Crippen LogP contribution < -0.4 is 16.0 Å². The van der Waals surface area contributed by atoms with Gasteiger partial charge in [-0.15, -0.1) is 0 Å². The van der Waals surface area contributed by atoms with Crippen molar-refractivity contribution in [3.8, 4) is 0 Å². The molecule has 5 nitrogen and oxygen atoms in total. The third-order valence-corrected chi connectivity index (χ3v) is 3.48. The van der Waals surface area contributed by atoms with E-state index in [1.54, 1.807) is 12.4 Å². The second-order valence-corrected chi connectivity index (χ2v) is 4.68. The van der Waals surface area contributed by atoms with Crippen molar-refractivity contribution in [1.29, 1.82) is 0 Å². The van der Waals surface area contributed by atoms with Crippen LogP contribution in [0.4, 0.5) is 11.4 Å². The standard InChI is InChI=1S/C14H16N4O/c15-12-1-2-13(10-3-5-16-9-11(10)12)18-7-4-14(19)17-6-8-18/h1-3,5,9H,4,6-8,15H2,(H,17,19). The summed E-state index contributed by atoms with van der Waals surface area (Å²) in [5.41, 5.74) is 7.83. The number of benzene rings is 1.